The Labute approximate surface area is 158 Å². The van der Waals surface area contributed by atoms with Gasteiger partial charge in [0.25, 0.3) is 5.56 Å². The Hall–Kier alpha value is -2.15. The van der Waals surface area contributed by atoms with Crippen LogP contribution in [0, 0.1) is 5.82 Å². The average molecular weight is 474 g/mol. The molecule has 0 aliphatic rings. The van der Waals surface area contributed by atoms with Gasteiger partial charge in [-0.15, -0.1) is 0 Å². The van der Waals surface area contributed by atoms with Gasteiger partial charge in [-0.1, -0.05) is 0 Å². The van der Waals surface area contributed by atoms with Crippen molar-refractivity contribution in [3.8, 4) is 5.69 Å². The van der Waals surface area contributed by atoms with Gasteiger partial charge in [-0.25, -0.2) is 22.2 Å². The minimum atomic E-state index is -4.97. The summed E-state index contributed by atoms with van der Waals surface area (Å²) >= 11 is 2.94. The van der Waals surface area contributed by atoms with Crippen LogP contribution in [0.15, 0.2) is 32.3 Å². The van der Waals surface area contributed by atoms with E-state index in [9.17, 15) is 35.6 Å². The fourth-order valence-electron chi connectivity index (χ4n) is 2.15. The van der Waals surface area contributed by atoms with Crippen molar-refractivity contribution >= 4 is 31.6 Å². The number of hydrogen-bond acceptors (Lipinski definition) is 4. The predicted octanol–water partition coefficient (Wildman–Crippen LogP) is 2.22. The minimum Gasteiger partial charge on any atom is -0.292 e. The molecule has 0 saturated carbocycles. The number of alkyl halides is 3. The Morgan fingerprint density at radius 2 is 1.78 bits per heavy atom. The van der Waals surface area contributed by atoms with Crippen molar-refractivity contribution in [2.45, 2.75) is 13.1 Å². The van der Waals surface area contributed by atoms with E-state index in [1.807, 2.05) is 0 Å². The molecule has 148 valence electrons. The van der Waals surface area contributed by atoms with Crippen LogP contribution in [0.4, 0.5) is 23.2 Å². The molecule has 0 aliphatic carbocycles. The lowest BCUT2D eigenvalue weighted by Crippen LogP contribution is -2.41. The van der Waals surface area contributed by atoms with Crippen LogP contribution in [0.1, 0.15) is 12.6 Å². The first-order chi connectivity index (χ1) is 12.3. The molecule has 0 unspecified atom stereocenters. The summed E-state index contributed by atoms with van der Waals surface area (Å²) in [6.07, 6.45) is -4.97. The highest BCUT2D eigenvalue weighted by Gasteiger charge is 2.35. The maximum atomic E-state index is 14.3. The summed E-state index contributed by atoms with van der Waals surface area (Å²) in [5, 5.41) is 0. The van der Waals surface area contributed by atoms with E-state index in [0.29, 0.717) is 0 Å². The molecule has 0 aliphatic heterocycles. The number of benzene rings is 1. The normalized spacial score (nSPS) is 12.3. The Kier molecular flexibility index (Phi) is 5.57. The van der Waals surface area contributed by atoms with Crippen molar-refractivity contribution in [2.24, 2.45) is 7.05 Å². The van der Waals surface area contributed by atoms with Crippen LogP contribution in [0.25, 0.3) is 5.69 Å². The number of aromatic nitrogens is 2. The SMILES string of the molecule is CCS(=O)(=O)Nc1cc(-n2c(=O)cc(C(F)(F)F)n(C)c2=O)c(F)cc1Br. The third-order valence-corrected chi connectivity index (χ3v) is 5.48. The van der Waals surface area contributed by atoms with Crippen molar-refractivity contribution in [3.05, 3.63) is 55.0 Å². The summed E-state index contributed by atoms with van der Waals surface area (Å²) in [7, 11) is -3.01. The molecule has 0 spiro atoms. The predicted molar refractivity (Wildman–Crippen MR) is 93.0 cm³/mol. The first-order valence-corrected chi connectivity index (χ1v) is 9.63. The first kappa shape index (κ1) is 21.2. The van der Waals surface area contributed by atoms with E-state index >= 15 is 0 Å². The van der Waals surface area contributed by atoms with Crippen molar-refractivity contribution < 1.29 is 26.0 Å². The fourth-order valence-corrected chi connectivity index (χ4v) is 3.34. The van der Waals surface area contributed by atoms with Crippen molar-refractivity contribution in [1.29, 1.82) is 0 Å². The van der Waals surface area contributed by atoms with E-state index in [0.717, 1.165) is 19.2 Å². The Morgan fingerprint density at radius 1 is 1.19 bits per heavy atom. The number of halogens is 5. The van der Waals surface area contributed by atoms with Crippen LogP contribution >= 0.6 is 15.9 Å². The van der Waals surface area contributed by atoms with Gasteiger partial charge < -0.3 is 0 Å². The summed E-state index contributed by atoms with van der Waals surface area (Å²) in [5.41, 5.74) is -5.26. The van der Waals surface area contributed by atoms with E-state index in [1.165, 1.54) is 6.92 Å². The highest BCUT2D eigenvalue weighted by atomic mass is 79.9. The molecule has 27 heavy (non-hydrogen) atoms. The number of sulfonamides is 1. The van der Waals surface area contributed by atoms with Gasteiger partial charge in [0.2, 0.25) is 10.0 Å². The van der Waals surface area contributed by atoms with Crippen LogP contribution in [-0.2, 0) is 23.2 Å². The minimum absolute atomic E-state index is 0.0300. The summed E-state index contributed by atoms with van der Waals surface area (Å²) in [6.45, 7) is 1.34. The topological polar surface area (TPSA) is 90.2 Å². The molecule has 0 amide bonds. The molecule has 1 aromatic carbocycles. The second-order valence-electron chi connectivity index (χ2n) is 5.33. The number of hydrogen-bond donors (Lipinski definition) is 1. The molecule has 1 N–H and O–H groups in total. The summed E-state index contributed by atoms with van der Waals surface area (Å²) in [6, 6.07) is 1.77. The molecule has 0 bridgehead atoms. The molecular weight excluding hydrogens is 462 g/mol. The molecule has 0 radical (unpaired) electrons. The third kappa shape index (κ3) is 4.24. The van der Waals surface area contributed by atoms with Crippen molar-refractivity contribution in [3.63, 3.8) is 0 Å². The van der Waals surface area contributed by atoms with E-state index in [1.54, 1.807) is 0 Å². The quantitative estimate of drug-likeness (QED) is 0.689. The van der Waals surface area contributed by atoms with E-state index in [-0.39, 0.29) is 31.1 Å². The first-order valence-electron chi connectivity index (χ1n) is 7.18. The fraction of sp³-hybridized carbons (Fsp3) is 0.286. The molecule has 1 aromatic heterocycles. The van der Waals surface area contributed by atoms with Crippen LogP contribution in [0.5, 0.6) is 0 Å². The molecule has 0 fully saturated rings. The zero-order chi connectivity index (χ0) is 20.7. The number of nitrogens with one attached hydrogen (secondary N) is 1. The van der Waals surface area contributed by atoms with Gasteiger partial charge in [-0.3, -0.25) is 14.1 Å². The van der Waals surface area contributed by atoms with Crippen molar-refractivity contribution in [2.75, 3.05) is 10.5 Å². The lowest BCUT2D eigenvalue weighted by Gasteiger charge is -2.16. The lowest BCUT2D eigenvalue weighted by molar-refractivity contribution is -0.144. The van der Waals surface area contributed by atoms with E-state index < -0.39 is 44.6 Å². The van der Waals surface area contributed by atoms with Gasteiger partial charge in [0, 0.05) is 17.6 Å². The standard InChI is InChI=1S/C14H12BrF4N3O4S/c1-3-27(25,26)20-9-5-10(8(16)4-7(9)15)22-12(23)6-11(14(17,18)19)21(2)13(22)24/h4-6,20H,3H2,1-2H3. The number of nitrogens with zero attached hydrogens (tertiary/aromatic N) is 2. The van der Waals surface area contributed by atoms with E-state index in [2.05, 4.69) is 20.7 Å². The second-order valence-corrected chi connectivity index (χ2v) is 8.20. The molecule has 0 atom stereocenters. The van der Waals surface area contributed by atoms with Gasteiger partial charge in [-0.05, 0) is 35.0 Å². The maximum Gasteiger partial charge on any atom is 0.431 e. The van der Waals surface area contributed by atoms with Crippen LogP contribution < -0.4 is 16.0 Å². The zero-order valence-electron chi connectivity index (χ0n) is 13.8. The number of anilines is 1. The van der Waals surface area contributed by atoms with Gasteiger partial charge in [0.1, 0.15) is 11.5 Å². The zero-order valence-corrected chi connectivity index (χ0v) is 16.2. The Bertz CT molecular complexity index is 1120. The van der Waals surface area contributed by atoms with Crippen LogP contribution in [-0.4, -0.2) is 23.3 Å². The largest absolute Gasteiger partial charge is 0.431 e. The maximum absolute atomic E-state index is 14.3. The van der Waals surface area contributed by atoms with Gasteiger partial charge in [0.15, 0.2) is 0 Å². The number of rotatable bonds is 4. The molecule has 2 aromatic rings. The third-order valence-electron chi connectivity index (χ3n) is 3.53. The summed E-state index contributed by atoms with van der Waals surface area (Å²) in [4.78, 5) is 24.3. The summed E-state index contributed by atoms with van der Waals surface area (Å²) < 4.78 is 78.9. The second kappa shape index (κ2) is 7.11. The molecule has 13 heteroatoms. The molecule has 2 rings (SSSR count). The van der Waals surface area contributed by atoms with Gasteiger partial charge in [0.05, 0.1) is 17.1 Å². The summed E-state index contributed by atoms with van der Waals surface area (Å²) in [5.74, 6) is -1.44. The smallest absolute Gasteiger partial charge is 0.292 e. The average Bonchev–Trinajstić information content (AvgIpc) is 2.53. The van der Waals surface area contributed by atoms with Crippen LogP contribution in [0.3, 0.4) is 0 Å². The van der Waals surface area contributed by atoms with Crippen molar-refractivity contribution in [1.82, 2.24) is 9.13 Å². The Balaban J connectivity index is 2.78. The van der Waals surface area contributed by atoms with Crippen LogP contribution in [0.2, 0.25) is 0 Å². The molecule has 7 nitrogen and oxygen atoms in total. The molecule has 0 saturated heterocycles. The molecule has 1 heterocycles. The van der Waals surface area contributed by atoms with Gasteiger partial charge >= 0.3 is 11.9 Å². The lowest BCUT2D eigenvalue weighted by atomic mass is 10.2. The Morgan fingerprint density at radius 3 is 2.30 bits per heavy atom. The van der Waals surface area contributed by atoms with Gasteiger partial charge in [-0.2, -0.15) is 13.2 Å². The monoisotopic (exact) mass is 473 g/mol. The molecular formula is C14H12BrF4N3O4S. The highest BCUT2D eigenvalue weighted by Crippen LogP contribution is 2.29. The van der Waals surface area contributed by atoms with E-state index in [4.69, 9.17) is 0 Å². The highest BCUT2D eigenvalue weighted by molar-refractivity contribution is 9.10.